The summed E-state index contributed by atoms with van der Waals surface area (Å²) in [4.78, 5) is 72.9. The van der Waals surface area contributed by atoms with Crippen LogP contribution in [0.1, 0.15) is 96.8 Å². The maximum atomic E-state index is 12.0. The molecule has 352 valence electrons. The highest BCUT2D eigenvalue weighted by Gasteiger charge is 2.56. The SMILES string of the molecule is CC(C)(C)OC(=O)NC1(COC=O)CC(OCc2ccccc2)C1.CC(C)(C)OC(=O)NC1CC(OCc2ccccc2)C1.O=C1NC(=O)C2(CC(OCc3ccccc3)C2)N1.O=C=O. The molecule has 5 amide bonds. The first kappa shape index (κ1) is 51.5. The molecule has 0 aromatic heterocycles. The lowest BCUT2D eigenvalue weighted by molar-refractivity contribution is -0.191. The Hall–Kier alpha value is -6.13. The van der Waals surface area contributed by atoms with Gasteiger partial charge in [0.2, 0.25) is 0 Å². The van der Waals surface area contributed by atoms with Crippen molar-refractivity contribution in [2.45, 2.75) is 147 Å². The van der Waals surface area contributed by atoms with E-state index in [2.05, 4.69) is 33.4 Å². The molecule has 4 fully saturated rings. The standard InChI is InChI=1S/C18H25NO5.C16H23NO3.C13H14N2O3.CO2/c1-17(2,3)24-16(21)19-18(12-22-13-20)9-15(10-18)23-11-14-7-5-4-6-8-14;1-16(2,3)20-15(18)17-13-9-14(10-13)19-11-12-7-5-4-6-8-12;16-11-13(15-12(17)14-11)6-10(7-13)18-8-9-4-2-1-3-5-9;2-1-3/h4-8,13,15H,9-12H2,1-3H3,(H,19,21);4-8,13-14H,9-11H2,1-3H3,(H,17,18);1-5,10H,6-8H2,(H2,14,15,16,17);. The normalized spacial score (nSPS) is 23.7. The first-order chi connectivity index (χ1) is 30.8. The van der Waals surface area contributed by atoms with Gasteiger partial charge in [0.05, 0.1) is 43.7 Å². The van der Waals surface area contributed by atoms with Gasteiger partial charge in [-0.3, -0.25) is 14.9 Å². The van der Waals surface area contributed by atoms with Gasteiger partial charge < -0.3 is 44.4 Å². The van der Waals surface area contributed by atoms with Crippen LogP contribution in [0.2, 0.25) is 0 Å². The third-order valence-electron chi connectivity index (χ3n) is 10.4. The number of ether oxygens (including phenoxy) is 6. The summed E-state index contributed by atoms with van der Waals surface area (Å²) in [5.74, 6) is -0.230. The van der Waals surface area contributed by atoms with Crippen LogP contribution in [0.4, 0.5) is 14.4 Å². The summed E-state index contributed by atoms with van der Waals surface area (Å²) in [6.07, 6.45) is 3.63. The molecule has 0 bridgehead atoms. The average Bonchev–Trinajstić information content (AvgIpc) is 3.51. The summed E-state index contributed by atoms with van der Waals surface area (Å²) >= 11 is 0. The second-order valence-electron chi connectivity index (χ2n) is 18.3. The maximum absolute atomic E-state index is 12.0. The van der Waals surface area contributed by atoms with E-state index in [0.717, 1.165) is 24.0 Å². The first-order valence-corrected chi connectivity index (χ1v) is 21.5. The molecule has 0 unspecified atom stereocenters. The predicted octanol–water partition coefficient (Wildman–Crippen LogP) is 6.42. The zero-order valence-electron chi connectivity index (χ0n) is 37.9. The number of rotatable bonds is 14. The highest BCUT2D eigenvalue weighted by atomic mass is 16.6. The third kappa shape index (κ3) is 18.1. The molecule has 7 rings (SSSR count). The van der Waals surface area contributed by atoms with E-state index in [9.17, 15) is 24.0 Å². The van der Waals surface area contributed by atoms with Crippen LogP contribution in [-0.4, -0.2) is 90.0 Å². The molecular formula is C48H62N4O13. The van der Waals surface area contributed by atoms with Crippen molar-refractivity contribution in [1.29, 1.82) is 0 Å². The molecule has 4 N–H and O–H groups in total. The van der Waals surface area contributed by atoms with Gasteiger partial charge in [-0.25, -0.2) is 14.4 Å². The van der Waals surface area contributed by atoms with E-state index < -0.39 is 34.4 Å². The summed E-state index contributed by atoms with van der Waals surface area (Å²) in [7, 11) is 0. The first-order valence-electron chi connectivity index (χ1n) is 21.5. The minimum Gasteiger partial charge on any atom is -0.465 e. The van der Waals surface area contributed by atoms with Crippen LogP contribution < -0.4 is 21.3 Å². The second-order valence-corrected chi connectivity index (χ2v) is 18.3. The van der Waals surface area contributed by atoms with Gasteiger partial charge in [-0.2, -0.15) is 9.59 Å². The van der Waals surface area contributed by atoms with Crippen molar-refractivity contribution < 1.29 is 62.0 Å². The molecule has 17 nitrogen and oxygen atoms in total. The fraction of sp³-hybridized carbons (Fsp3) is 0.500. The van der Waals surface area contributed by atoms with E-state index in [1.807, 2.05) is 99.6 Å². The predicted molar refractivity (Wildman–Crippen MR) is 234 cm³/mol. The molecule has 0 radical (unpaired) electrons. The fourth-order valence-electron chi connectivity index (χ4n) is 7.21. The maximum Gasteiger partial charge on any atom is 0.408 e. The Morgan fingerprint density at radius 1 is 0.677 bits per heavy atom. The smallest absolute Gasteiger partial charge is 0.408 e. The molecular weight excluding hydrogens is 841 g/mol. The Morgan fingerprint density at radius 2 is 1.09 bits per heavy atom. The largest absolute Gasteiger partial charge is 0.465 e. The summed E-state index contributed by atoms with van der Waals surface area (Å²) in [5, 5.41) is 10.6. The molecule has 0 atom stereocenters. The van der Waals surface area contributed by atoms with Gasteiger partial charge in [0.1, 0.15) is 23.3 Å². The number of urea groups is 1. The Kier molecular flexibility index (Phi) is 19.2. The summed E-state index contributed by atoms with van der Waals surface area (Å²) in [5.41, 5.74) is 1.03. The van der Waals surface area contributed by atoms with Crippen LogP contribution in [0, 0.1) is 0 Å². The number of hydrogen-bond acceptors (Lipinski definition) is 13. The molecule has 3 aromatic carbocycles. The van der Waals surface area contributed by atoms with Crippen molar-refractivity contribution in [1.82, 2.24) is 21.3 Å². The van der Waals surface area contributed by atoms with Crippen molar-refractivity contribution in [3.63, 3.8) is 0 Å². The molecule has 3 saturated carbocycles. The minimum atomic E-state index is -0.710. The number of carbonyl (C=O) groups excluding carboxylic acids is 7. The van der Waals surface area contributed by atoms with E-state index in [4.69, 9.17) is 38.0 Å². The highest BCUT2D eigenvalue weighted by molar-refractivity contribution is 6.07. The van der Waals surface area contributed by atoms with Crippen molar-refractivity contribution >= 4 is 36.7 Å². The van der Waals surface area contributed by atoms with Gasteiger partial charge in [-0.1, -0.05) is 91.0 Å². The number of hydrogen-bond donors (Lipinski definition) is 4. The highest BCUT2D eigenvalue weighted by Crippen LogP contribution is 2.38. The van der Waals surface area contributed by atoms with E-state index in [1.54, 1.807) is 20.8 Å². The lowest BCUT2D eigenvalue weighted by Gasteiger charge is -2.46. The lowest BCUT2D eigenvalue weighted by Crippen LogP contribution is -2.63. The van der Waals surface area contributed by atoms with Crippen LogP contribution in [0.15, 0.2) is 91.0 Å². The van der Waals surface area contributed by atoms with E-state index in [0.29, 0.717) is 52.0 Å². The van der Waals surface area contributed by atoms with Crippen molar-refractivity contribution in [2.75, 3.05) is 6.61 Å². The second kappa shape index (κ2) is 24.2. The minimum absolute atomic E-state index is 0.00962. The summed E-state index contributed by atoms with van der Waals surface area (Å²) in [6.45, 7) is 13.2. The van der Waals surface area contributed by atoms with Gasteiger partial charge in [0.15, 0.2) is 0 Å². The number of benzene rings is 3. The van der Waals surface area contributed by atoms with Crippen LogP contribution in [-0.2, 0) is 67.4 Å². The number of carbonyl (C=O) groups is 5. The number of amides is 5. The van der Waals surface area contributed by atoms with E-state index in [1.165, 1.54) is 5.56 Å². The molecule has 4 aliphatic rings. The van der Waals surface area contributed by atoms with E-state index >= 15 is 0 Å². The zero-order valence-corrected chi connectivity index (χ0v) is 37.9. The third-order valence-corrected chi connectivity index (χ3v) is 10.4. The Bertz CT molecular complexity index is 2000. The molecule has 3 aromatic rings. The quantitative estimate of drug-likeness (QED) is 0.0780. The lowest BCUT2D eigenvalue weighted by atomic mass is 9.74. The van der Waals surface area contributed by atoms with Gasteiger partial charge in [0.25, 0.3) is 12.4 Å². The zero-order chi connectivity index (χ0) is 47.5. The van der Waals surface area contributed by atoms with Gasteiger partial charge in [-0.15, -0.1) is 0 Å². The molecule has 3 aliphatic carbocycles. The fourth-order valence-corrected chi connectivity index (χ4v) is 7.21. The van der Waals surface area contributed by atoms with Crippen LogP contribution in [0.3, 0.4) is 0 Å². The number of nitrogens with one attached hydrogen (secondary N) is 4. The van der Waals surface area contributed by atoms with Crippen LogP contribution in [0.5, 0.6) is 0 Å². The monoisotopic (exact) mass is 902 g/mol. The molecule has 65 heavy (non-hydrogen) atoms. The topological polar surface area (TPSA) is 223 Å². The Labute approximate surface area is 379 Å². The van der Waals surface area contributed by atoms with Crippen molar-refractivity contribution in [3.8, 4) is 0 Å². The summed E-state index contributed by atoms with van der Waals surface area (Å²) in [6, 6.07) is 29.6. The molecule has 1 heterocycles. The van der Waals surface area contributed by atoms with Crippen LogP contribution >= 0.6 is 0 Å². The summed E-state index contributed by atoms with van der Waals surface area (Å²) < 4.78 is 32.7. The molecule has 1 saturated heterocycles. The molecule has 1 aliphatic heterocycles. The molecule has 1 spiro atoms. The van der Waals surface area contributed by atoms with Crippen molar-refractivity contribution in [3.05, 3.63) is 108 Å². The Morgan fingerprint density at radius 3 is 1.49 bits per heavy atom. The Balaban J connectivity index is 0.000000209. The van der Waals surface area contributed by atoms with Gasteiger partial charge >= 0.3 is 24.4 Å². The van der Waals surface area contributed by atoms with Crippen LogP contribution in [0.25, 0.3) is 0 Å². The average molecular weight is 903 g/mol. The number of alkyl carbamates (subject to hydrolysis) is 2. The van der Waals surface area contributed by atoms with E-state index in [-0.39, 0.29) is 49.1 Å². The van der Waals surface area contributed by atoms with Crippen molar-refractivity contribution in [2.24, 2.45) is 0 Å². The number of imide groups is 1. The van der Waals surface area contributed by atoms with Gasteiger partial charge in [0, 0.05) is 31.7 Å². The molecule has 17 heteroatoms. The van der Waals surface area contributed by atoms with Gasteiger partial charge in [-0.05, 0) is 71.1 Å².